The number of thioether (sulfide) groups is 1. The SMILES string of the molecule is CCNc1cc(SC)ccc1C(=O)N1CCOc2ccc(-c3ccc4nc[nH]c4c3)cc2C1. The fourth-order valence-electron chi connectivity index (χ4n) is 4.21. The highest BCUT2D eigenvalue weighted by atomic mass is 32.2. The number of hydrogen-bond acceptors (Lipinski definition) is 5. The highest BCUT2D eigenvalue weighted by Crippen LogP contribution is 2.32. The number of nitrogens with zero attached hydrogens (tertiary/aromatic N) is 2. The van der Waals surface area contributed by atoms with Crippen LogP contribution in [-0.2, 0) is 6.54 Å². The Morgan fingerprint density at radius 3 is 2.85 bits per heavy atom. The van der Waals surface area contributed by atoms with Gasteiger partial charge in [-0.3, -0.25) is 4.79 Å². The molecule has 0 saturated heterocycles. The van der Waals surface area contributed by atoms with Gasteiger partial charge in [-0.25, -0.2) is 4.98 Å². The van der Waals surface area contributed by atoms with Crippen molar-refractivity contribution >= 4 is 34.4 Å². The highest BCUT2D eigenvalue weighted by Gasteiger charge is 2.23. The number of aromatic amines is 1. The Morgan fingerprint density at radius 2 is 2.00 bits per heavy atom. The van der Waals surface area contributed by atoms with Gasteiger partial charge in [0, 0.05) is 29.2 Å². The van der Waals surface area contributed by atoms with Crippen molar-refractivity contribution in [1.29, 1.82) is 0 Å². The number of benzene rings is 3. The van der Waals surface area contributed by atoms with Gasteiger partial charge in [0.05, 0.1) is 29.5 Å². The first kappa shape index (κ1) is 21.4. The lowest BCUT2D eigenvalue weighted by molar-refractivity contribution is 0.0734. The molecule has 1 amide bonds. The molecular weight excluding hydrogens is 432 g/mol. The van der Waals surface area contributed by atoms with E-state index < -0.39 is 0 Å². The van der Waals surface area contributed by atoms with Crippen LogP contribution in [-0.4, -0.2) is 46.7 Å². The van der Waals surface area contributed by atoms with Crippen LogP contribution in [0.15, 0.2) is 65.8 Å². The van der Waals surface area contributed by atoms with E-state index in [9.17, 15) is 4.79 Å². The molecule has 4 aromatic rings. The van der Waals surface area contributed by atoms with Gasteiger partial charge in [0.25, 0.3) is 5.91 Å². The number of aromatic nitrogens is 2. The minimum atomic E-state index is 0.0133. The molecule has 7 heteroatoms. The number of anilines is 1. The molecule has 5 rings (SSSR count). The maximum absolute atomic E-state index is 13.5. The standard InChI is InChI=1S/C26H26N4O2S/c1-3-27-23-14-20(33-2)6-7-21(23)26(31)30-10-11-32-25-9-5-17(12-19(25)15-30)18-4-8-22-24(13-18)29-16-28-22/h4-9,12-14,16,27H,3,10-11,15H2,1-2H3,(H,28,29). The van der Waals surface area contributed by atoms with Gasteiger partial charge in [-0.2, -0.15) is 0 Å². The minimum Gasteiger partial charge on any atom is -0.491 e. The van der Waals surface area contributed by atoms with E-state index in [0.29, 0.717) is 25.3 Å². The number of amides is 1. The monoisotopic (exact) mass is 458 g/mol. The summed E-state index contributed by atoms with van der Waals surface area (Å²) in [6, 6.07) is 18.4. The molecule has 33 heavy (non-hydrogen) atoms. The van der Waals surface area contributed by atoms with Crippen molar-refractivity contribution in [3.8, 4) is 16.9 Å². The van der Waals surface area contributed by atoms with Crippen LogP contribution < -0.4 is 10.1 Å². The minimum absolute atomic E-state index is 0.0133. The summed E-state index contributed by atoms with van der Waals surface area (Å²) in [6.45, 7) is 4.31. The first-order valence-corrected chi connectivity index (χ1v) is 12.3. The zero-order valence-corrected chi connectivity index (χ0v) is 19.5. The summed E-state index contributed by atoms with van der Waals surface area (Å²) in [5.74, 6) is 0.848. The number of carbonyl (C=O) groups is 1. The van der Waals surface area contributed by atoms with E-state index in [1.54, 1.807) is 18.1 Å². The number of carbonyl (C=O) groups excluding carboxylic acids is 1. The van der Waals surface area contributed by atoms with E-state index >= 15 is 0 Å². The number of rotatable bonds is 5. The second-order valence-corrected chi connectivity index (χ2v) is 8.85. The largest absolute Gasteiger partial charge is 0.491 e. The predicted octanol–water partition coefficient (Wildman–Crippen LogP) is 5.42. The summed E-state index contributed by atoms with van der Waals surface area (Å²) >= 11 is 1.67. The van der Waals surface area contributed by atoms with Crippen molar-refractivity contribution in [1.82, 2.24) is 14.9 Å². The Labute approximate surface area is 197 Å². The van der Waals surface area contributed by atoms with Gasteiger partial charge in [0.15, 0.2) is 0 Å². The molecule has 0 aliphatic carbocycles. The molecule has 168 valence electrons. The van der Waals surface area contributed by atoms with Gasteiger partial charge in [0.2, 0.25) is 0 Å². The third-order valence-corrected chi connectivity index (χ3v) is 6.63. The molecule has 3 aromatic carbocycles. The highest BCUT2D eigenvalue weighted by molar-refractivity contribution is 7.98. The maximum Gasteiger partial charge on any atom is 0.256 e. The second-order valence-electron chi connectivity index (χ2n) is 7.97. The Kier molecular flexibility index (Phi) is 5.96. The van der Waals surface area contributed by atoms with Crippen molar-refractivity contribution in [2.24, 2.45) is 0 Å². The predicted molar refractivity (Wildman–Crippen MR) is 134 cm³/mol. The number of imidazole rings is 1. The van der Waals surface area contributed by atoms with E-state index in [4.69, 9.17) is 4.74 Å². The Morgan fingerprint density at radius 1 is 1.15 bits per heavy atom. The Hall–Kier alpha value is -3.45. The molecule has 2 heterocycles. The van der Waals surface area contributed by atoms with E-state index in [2.05, 4.69) is 39.6 Å². The third-order valence-electron chi connectivity index (χ3n) is 5.91. The molecule has 1 aliphatic rings. The summed E-state index contributed by atoms with van der Waals surface area (Å²) in [7, 11) is 0. The van der Waals surface area contributed by atoms with Crippen molar-refractivity contribution in [2.75, 3.05) is 31.3 Å². The van der Waals surface area contributed by atoms with Gasteiger partial charge in [-0.05, 0) is 66.8 Å². The fraction of sp³-hybridized carbons (Fsp3) is 0.231. The van der Waals surface area contributed by atoms with Gasteiger partial charge in [0.1, 0.15) is 12.4 Å². The lowest BCUT2D eigenvalue weighted by Crippen LogP contribution is -2.33. The maximum atomic E-state index is 13.5. The van der Waals surface area contributed by atoms with Crippen LogP contribution in [0.1, 0.15) is 22.8 Å². The number of H-pyrrole nitrogens is 1. The summed E-state index contributed by atoms with van der Waals surface area (Å²) in [4.78, 5) is 24.0. The fourth-order valence-corrected chi connectivity index (χ4v) is 4.65. The Bertz CT molecular complexity index is 1320. The van der Waals surface area contributed by atoms with Crippen LogP contribution in [0, 0.1) is 0 Å². The van der Waals surface area contributed by atoms with E-state index in [0.717, 1.165) is 50.6 Å². The van der Waals surface area contributed by atoms with Crippen LogP contribution in [0.25, 0.3) is 22.2 Å². The molecule has 1 aliphatic heterocycles. The summed E-state index contributed by atoms with van der Waals surface area (Å²) in [5.41, 5.74) is 6.70. The molecule has 0 atom stereocenters. The smallest absolute Gasteiger partial charge is 0.256 e. The number of fused-ring (bicyclic) bond motifs is 2. The van der Waals surface area contributed by atoms with Crippen LogP contribution in [0.4, 0.5) is 5.69 Å². The molecule has 0 bridgehead atoms. The zero-order valence-electron chi connectivity index (χ0n) is 18.7. The molecule has 0 spiro atoms. The molecule has 6 nitrogen and oxygen atoms in total. The average Bonchev–Trinajstić information content (AvgIpc) is 3.21. The quantitative estimate of drug-likeness (QED) is 0.391. The molecule has 0 fully saturated rings. The van der Waals surface area contributed by atoms with Crippen molar-refractivity contribution in [3.63, 3.8) is 0 Å². The van der Waals surface area contributed by atoms with Crippen LogP contribution >= 0.6 is 11.8 Å². The molecule has 0 saturated carbocycles. The number of ether oxygens (including phenoxy) is 1. The lowest BCUT2D eigenvalue weighted by atomic mass is 10.0. The molecular formula is C26H26N4O2S. The van der Waals surface area contributed by atoms with Crippen LogP contribution in [0.2, 0.25) is 0 Å². The van der Waals surface area contributed by atoms with Crippen molar-refractivity contribution in [2.45, 2.75) is 18.4 Å². The van der Waals surface area contributed by atoms with Crippen molar-refractivity contribution < 1.29 is 9.53 Å². The summed E-state index contributed by atoms with van der Waals surface area (Å²) < 4.78 is 6.00. The lowest BCUT2D eigenvalue weighted by Gasteiger charge is -2.22. The Balaban J connectivity index is 1.45. The first-order chi connectivity index (χ1) is 16.2. The van der Waals surface area contributed by atoms with Gasteiger partial charge in [-0.15, -0.1) is 11.8 Å². The van der Waals surface area contributed by atoms with Gasteiger partial charge < -0.3 is 19.9 Å². The third kappa shape index (κ3) is 4.28. The molecule has 0 unspecified atom stereocenters. The number of nitrogens with one attached hydrogen (secondary N) is 2. The topological polar surface area (TPSA) is 70.2 Å². The summed E-state index contributed by atoms with van der Waals surface area (Å²) in [6.07, 6.45) is 3.74. The van der Waals surface area contributed by atoms with Gasteiger partial charge in [-0.1, -0.05) is 12.1 Å². The van der Waals surface area contributed by atoms with Gasteiger partial charge >= 0.3 is 0 Å². The van der Waals surface area contributed by atoms with E-state index in [1.165, 1.54) is 0 Å². The van der Waals surface area contributed by atoms with E-state index in [-0.39, 0.29) is 5.91 Å². The van der Waals surface area contributed by atoms with E-state index in [1.807, 2.05) is 48.4 Å². The second kappa shape index (κ2) is 9.19. The normalized spacial score (nSPS) is 13.3. The van der Waals surface area contributed by atoms with Crippen LogP contribution in [0.3, 0.4) is 0 Å². The summed E-state index contributed by atoms with van der Waals surface area (Å²) in [5, 5.41) is 3.35. The van der Waals surface area contributed by atoms with Crippen molar-refractivity contribution in [3.05, 3.63) is 72.1 Å². The first-order valence-electron chi connectivity index (χ1n) is 11.1. The molecule has 2 N–H and O–H groups in total. The van der Waals surface area contributed by atoms with Crippen LogP contribution in [0.5, 0.6) is 5.75 Å². The molecule has 1 aromatic heterocycles. The molecule has 0 radical (unpaired) electrons. The zero-order chi connectivity index (χ0) is 22.8. The number of hydrogen-bond donors (Lipinski definition) is 2. The average molecular weight is 459 g/mol.